The monoisotopic (exact) mass is 338 g/mol. The van der Waals surface area contributed by atoms with Crippen molar-refractivity contribution in [1.82, 2.24) is 5.32 Å². The van der Waals surface area contributed by atoms with Crippen LogP contribution in [-0.2, 0) is 6.54 Å². The minimum atomic E-state index is 0.518. The zero-order valence-electron chi connectivity index (χ0n) is 13.1. The van der Waals surface area contributed by atoms with Crippen LogP contribution in [0.3, 0.4) is 0 Å². The molecular formula is C17H27BrN2. The van der Waals surface area contributed by atoms with Gasteiger partial charge in [0.1, 0.15) is 0 Å². The Morgan fingerprint density at radius 1 is 1.35 bits per heavy atom. The molecule has 2 nitrogen and oxygen atoms in total. The summed E-state index contributed by atoms with van der Waals surface area (Å²) in [6, 6.07) is 8.72. The fraction of sp³-hybridized carbons (Fsp3) is 0.647. The van der Waals surface area contributed by atoms with Gasteiger partial charge in [-0.25, -0.2) is 0 Å². The van der Waals surface area contributed by atoms with Crippen molar-refractivity contribution in [1.29, 1.82) is 0 Å². The fourth-order valence-corrected chi connectivity index (χ4v) is 3.60. The highest BCUT2D eigenvalue weighted by atomic mass is 79.9. The molecule has 20 heavy (non-hydrogen) atoms. The third kappa shape index (κ3) is 3.56. The minimum Gasteiger partial charge on any atom is -0.366 e. The van der Waals surface area contributed by atoms with Gasteiger partial charge >= 0.3 is 0 Å². The van der Waals surface area contributed by atoms with Crippen LogP contribution >= 0.6 is 15.9 Å². The van der Waals surface area contributed by atoms with Crippen LogP contribution in [-0.4, -0.2) is 18.1 Å². The van der Waals surface area contributed by atoms with Crippen LogP contribution < -0.4 is 10.2 Å². The lowest BCUT2D eigenvalue weighted by atomic mass is 10.1. The topological polar surface area (TPSA) is 15.3 Å². The molecule has 1 aromatic carbocycles. The van der Waals surface area contributed by atoms with E-state index in [1.165, 1.54) is 35.0 Å². The second-order valence-electron chi connectivity index (χ2n) is 6.21. The number of hydrogen-bond acceptors (Lipinski definition) is 2. The first-order valence-electron chi connectivity index (χ1n) is 7.83. The first-order valence-corrected chi connectivity index (χ1v) is 8.62. The Morgan fingerprint density at radius 3 is 2.70 bits per heavy atom. The Hall–Kier alpha value is -0.540. The molecule has 0 saturated carbocycles. The van der Waals surface area contributed by atoms with Crippen molar-refractivity contribution < 1.29 is 0 Å². The quantitative estimate of drug-likeness (QED) is 0.835. The van der Waals surface area contributed by atoms with E-state index in [0.29, 0.717) is 18.1 Å². The first kappa shape index (κ1) is 15.8. The number of hydrogen-bond donors (Lipinski definition) is 1. The molecule has 2 atom stereocenters. The SMILES string of the molecule is CCC1CCC(C)N1c1ccc(CNC(C)C)c(Br)c1. The average Bonchev–Trinajstić information content (AvgIpc) is 2.78. The van der Waals surface area contributed by atoms with E-state index in [1.54, 1.807) is 0 Å². The molecule has 1 saturated heterocycles. The van der Waals surface area contributed by atoms with Gasteiger partial charge in [-0.3, -0.25) is 0 Å². The van der Waals surface area contributed by atoms with E-state index >= 15 is 0 Å². The fourth-order valence-electron chi connectivity index (χ4n) is 3.09. The lowest BCUT2D eigenvalue weighted by Gasteiger charge is -2.30. The number of benzene rings is 1. The highest BCUT2D eigenvalue weighted by molar-refractivity contribution is 9.10. The summed E-state index contributed by atoms with van der Waals surface area (Å²) in [6.07, 6.45) is 3.87. The third-order valence-corrected chi connectivity index (χ3v) is 5.03. The van der Waals surface area contributed by atoms with Crippen LogP contribution in [0, 0.1) is 0 Å². The molecule has 0 radical (unpaired) electrons. The molecular weight excluding hydrogens is 312 g/mol. The zero-order chi connectivity index (χ0) is 14.7. The zero-order valence-corrected chi connectivity index (χ0v) is 14.7. The average molecular weight is 339 g/mol. The Morgan fingerprint density at radius 2 is 2.10 bits per heavy atom. The number of nitrogens with one attached hydrogen (secondary N) is 1. The summed E-state index contributed by atoms with van der Waals surface area (Å²) in [4.78, 5) is 2.60. The van der Waals surface area contributed by atoms with Gasteiger partial charge in [0.15, 0.2) is 0 Å². The molecule has 1 aromatic rings. The predicted octanol–water partition coefficient (Wildman–Crippen LogP) is 4.71. The van der Waals surface area contributed by atoms with Crippen LogP contribution in [0.4, 0.5) is 5.69 Å². The van der Waals surface area contributed by atoms with E-state index in [1.807, 2.05) is 0 Å². The second kappa shape index (κ2) is 6.95. The lowest BCUT2D eigenvalue weighted by Crippen LogP contribution is -2.34. The van der Waals surface area contributed by atoms with Crippen LogP contribution in [0.25, 0.3) is 0 Å². The van der Waals surface area contributed by atoms with Crippen molar-refractivity contribution in [3.8, 4) is 0 Å². The second-order valence-corrected chi connectivity index (χ2v) is 7.06. The molecule has 2 unspecified atom stereocenters. The van der Waals surface area contributed by atoms with Crippen LogP contribution in [0.15, 0.2) is 22.7 Å². The molecule has 1 N–H and O–H groups in total. The molecule has 112 valence electrons. The molecule has 1 aliphatic heterocycles. The lowest BCUT2D eigenvalue weighted by molar-refractivity contribution is 0.587. The Labute approximate surface area is 132 Å². The van der Waals surface area contributed by atoms with Gasteiger partial charge in [0.05, 0.1) is 0 Å². The molecule has 2 rings (SSSR count). The number of rotatable bonds is 5. The molecule has 0 spiro atoms. The van der Waals surface area contributed by atoms with Gasteiger partial charge in [-0.1, -0.05) is 42.8 Å². The highest BCUT2D eigenvalue weighted by Gasteiger charge is 2.29. The van der Waals surface area contributed by atoms with Gasteiger partial charge in [0.25, 0.3) is 0 Å². The van der Waals surface area contributed by atoms with Crippen molar-refractivity contribution in [2.24, 2.45) is 0 Å². The summed E-state index contributed by atoms with van der Waals surface area (Å²) in [5.74, 6) is 0. The summed E-state index contributed by atoms with van der Waals surface area (Å²) in [5, 5.41) is 3.48. The van der Waals surface area contributed by atoms with Crippen LogP contribution in [0.2, 0.25) is 0 Å². The molecule has 3 heteroatoms. The number of halogens is 1. The summed E-state index contributed by atoms with van der Waals surface area (Å²) in [5.41, 5.74) is 2.70. The van der Waals surface area contributed by atoms with Gasteiger partial charge in [-0.05, 0) is 43.9 Å². The molecule has 1 heterocycles. The van der Waals surface area contributed by atoms with Gasteiger partial charge in [-0.2, -0.15) is 0 Å². The van der Waals surface area contributed by atoms with E-state index in [2.05, 4.69) is 72.0 Å². The van der Waals surface area contributed by atoms with Crippen LogP contribution in [0.5, 0.6) is 0 Å². The highest BCUT2D eigenvalue weighted by Crippen LogP contribution is 2.34. The Balaban J connectivity index is 2.15. The maximum Gasteiger partial charge on any atom is 0.0382 e. The number of anilines is 1. The van der Waals surface area contributed by atoms with Crippen molar-refractivity contribution in [2.75, 3.05) is 4.90 Å². The summed E-state index contributed by atoms with van der Waals surface area (Å²) in [6.45, 7) is 9.93. The molecule has 1 aliphatic rings. The molecule has 0 amide bonds. The maximum atomic E-state index is 3.74. The van der Waals surface area contributed by atoms with Gasteiger partial charge in [-0.15, -0.1) is 0 Å². The molecule has 0 aromatic heterocycles. The van der Waals surface area contributed by atoms with Gasteiger partial charge < -0.3 is 10.2 Å². The van der Waals surface area contributed by atoms with E-state index in [4.69, 9.17) is 0 Å². The van der Waals surface area contributed by atoms with E-state index in [-0.39, 0.29) is 0 Å². The van der Waals surface area contributed by atoms with Crippen molar-refractivity contribution >= 4 is 21.6 Å². The standard InChI is InChI=1S/C17H27BrN2/c1-5-15-8-6-13(4)20(15)16-9-7-14(17(18)10-16)11-19-12(2)3/h7,9-10,12-13,15,19H,5-6,8,11H2,1-4H3. The summed E-state index contributed by atoms with van der Waals surface area (Å²) < 4.78 is 1.22. The maximum absolute atomic E-state index is 3.74. The summed E-state index contributed by atoms with van der Waals surface area (Å²) in [7, 11) is 0. The number of nitrogens with zero attached hydrogens (tertiary/aromatic N) is 1. The molecule has 0 aliphatic carbocycles. The van der Waals surface area contributed by atoms with Crippen molar-refractivity contribution in [2.45, 2.75) is 71.6 Å². The van der Waals surface area contributed by atoms with Gasteiger partial charge in [0, 0.05) is 34.8 Å². The van der Waals surface area contributed by atoms with Crippen LogP contribution in [0.1, 0.15) is 52.5 Å². The third-order valence-electron chi connectivity index (χ3n) is 4.29. The Kier molecular flexibility index (Phi) is 5.50. The predicted molar refractivity (Wildman–Crippen MR) is 91.4 cm³/mol. The van der Waals surface area contributed by atoms with Gasteiger partial charge in [0.2, 0.25) is 0 Å². The van der Waals surface area contributed by atoms with Crippen molar-refractivity contribution in [3.63, 3.8) is 0 Å². The normalized spacial score (nSPS) is 22.8. The van der Waals surface area contributed by atoms with E-state index in [9.17, 15) is 0 Å². The Bertz CT molecular complexity index is 445. The van der Waals surface area contributed by atoms with E-state index in [0.717, 1.165) is 6.54 Å². The smallest absolute Gasteiger partial charge is 0.0382 e. The summed E-state index contributed by atoms with van der Waals surface area (Å²) >= 11 is 3.74. The first-order chi connectivity index (χ1) is 9.52. The van der Waals surface area contributed by atoms with Crippen molar-refractivity contribution in [3.05, 3.63) is 28.2 Å². The minimum absolute atomic E-state index is 0.518. The molecule has 0 bridgehead atoms. The van der Waals surface area contributed by atoms with E-state index < -0.39 is 0 Å². The largest absolute Gasteiger partial charge is 0.366 e. The molecule has 1 fully saturated rings.